The maximum absolute atomic E-state index is 5.71. The van der Waals surface area contributed by atoms with Crippen molar-refractivity contribution in [2.24, 2.45) is 0 Å². The van der Waals surface area contributed by atoms with Gasteiger partial charge in [0.15, 0.2) is 23.1 Å². The minimum Gasteiger partial charge on any atom is -0.497 e. The Morgan fingerprint density at radius 1 is 0.885 bits per heavy atom. The molecule has 136 valence electrons. The zero-order valence-electron chi connectivity index (χ0n) is 15.0. The second-order valence-corrected chi connectivity index (χ2v) is 5.37. The molecule has 2 aromatic carbocycles. The van der Waals surface area contributed by atoms with Crippen molar-refractivity contribution >= 4 is 0 Å². The van der Waals surface area contributed by atoms with Gasteiger partial charge in [-0.25, -0.2) is 4.98 Å². The molecular formula is C19H21N3O4. The van der Waals surface area contributed by atoms with E-state index in [1.807, 2.05) is 49.4 Å². The summed E-state index contributed by atoms with van der Waals surface area (Å²) in [5.41, 5.74) is 0.834. The summed E-state index contributed by atoms with van der Waals surface area (Å²) in [6, 6.07) is 13.0. The predicted molar refractivity (Wildman–Crippen MR) is 96.9 cm³/mol. The van der Waals surface area contributed by atoms with Crippen LogP contribution in [0.15, 0.2) is 42.5 Å². The molecule has 0 atom stereocenters. The highest BCUT2D eigenvalue weighted by atomic mass is 16.5. The van der Waals surface area contributed by atoms with Crippen LogP contribution in [0.2, 0.25) is 0 Å². The lowest BCUT2D eigenvalue weighted by Crippen LogP contribution is -1.98. The van der Waals surface area contributed by atoms with E-state index >= 15 is 0 Å². The quantitative estimate of drug-likeness (QED) is 0.667. The van der Waals surface area contributed by atoms with Crippen LogP contribution in [0.3, 0.4) is 0 Å². The van der Waals surface area contributed by atoms with Gasteiger partial charge in [0.1, 0.15) is 18.1 Å². The van der Waals surface area contributed by atoms with E-state index in [4.69, 9.17) is 18.9 Å². The third kappa shape index (κ3) is 4.05. The van der Waals surface area contributed by atoms with Crippen molar-refractivity contribution in [2.75, 3.05) is 20.8 Å². The molecule has 0 fully saturated rings. The van der Waals surface area contributed by atoms with Gasteiger partial charge in [0, 0.05) is 5.56 Å². The summed E-state index contributed by atoms with van der Waals surface area (Å²) >= 11 is 0. The molecule has 0 amide bonds. The molecule has 0 saturated carbocycles. The Hall–Kier alpha value is -3.22. The Morgan fingerprint density at radius 2 is 1.65 bits per heavy atom. The number of methoxy groups -OCH3 is 2. The molecule has 3 aromatic rings. The summed E-state index contributed by atoms with van der Waals surface area (Å²) in [7, 11) is 3.24. The van der Waals surface area contributed by atoms with Crippen molar-refractivity contribution in [1.82, 2.24) is 15.2 Å². The first-order chi connectivity index (χ1) is 12.7. The van der Waals surface area contributed by atoms with E-state index < -0.39 is 0 Å². The van der Waals surface area contributed by atoms with E-state index in [0.29, 0.717) is 29.8 Å². The number of rotatable bonds is 8. The Labute approximate surface area is 151 Å². The first-order valence-electron chi connectivity index (χ1n) is 8.22. The van der Waals surface area contributed by atoms with Gasteiger partial charge in [0.25, 0.3) is 0 Å². The maximum Gasteiger partial charge on any atom is 0.181 e. The number of aromatic amines is 1. The summed E-state index contributed by atoms with van der Waals surface area (Å²) in [4.78, 5) is 4.47. The monoisotopic (exact) mass is 355 g/mol. The van der Waals surface area contributed by atoms with Gasteiger partial charge in [-0.3, -0.25) is 5.10 Å². The Bertz CT molecular complexity index is 846. The number of H-pyrrole nitrogens is 1. The van der Waals surface area contributed by atoms with E-state index in [-0.39, 0.29) is 6.61 Å². The number of benzene rings is 2. The van der Waals surface area contributed by atoms with Gasteiger partial charge < -0.3 is 18.9 Å². The normalized spacial score (nSPS) is 10.4. The number of nitrogens with one attached hydrogen (secondary N) is 1. The largest absolute Gasteiger partial charge is 0.497 e. The SMILES string of the molecule is CCOc1cc(-c2n[nH]c(COc3ccc(OC)cc3)n2)ccc1OC. The molecule has 3 rings (SSSR count). The van der Waals surface area contributed by atoms with Gasteiger partial charge >= 0.3 is 0 Å². The van der Waals surface area contributed by atoms with E-state index in [1.165, 1.54) is 0 Å². The molecule has 0 radical (unpaired) electrons. The molecule has 1 heterocycles. The van der Waals surface area contributed by atoms with Crippen molar-refractivity contribution < 1.29 is 18.9 Å². The first kappa shape index (κ1) is 17.6. The molecule has 0 aliphatic carbocycles. The number of hydrogen-bond donors (Lipinski definition) is 1. The van der Waals surface area contributed by atoms with Gasteiger partial charge in [-0.2, -0.15) is 5.10 Å². The van der Waals surface area contributed by atoms with Crippen LogP contribution in [0.5, 0.6) is 23.0 Å². The maximum atomic E-state index is 5.71. The predicted octanol–water partition coefficient (Wildman–Crippen LogP) is 3.47. The van der Waals surface area contributed by atoms with Crippen molar-refractivity contribution in [3.8, 4) is 34.4 Å². The van der Waals surface area contributed by atoms with Crippen LogP contribution < -0.4 is 18.9 Å². The van der Waals surface area contributed by atoms with Crippen LogP contribution in [-0.4, -0.2) is 36.0 Å². The van der Waals surface area contributed by atoms with Crippen LogP contribution in [0.1, 0.15) is 12.7 Å². The topological polar surface area (TPSA) is 78.5 Å². The van der Waals surface area contributed by atoms with E-state index in [0.717, 1.165) is 17.1 Å². The summed E-state index contributed by atoms with van der Waals surface area (Å²) in [5, 5.41) is 7.14. The van der Waals surface area contributed by atoms with Crippen molar-refractivity contribution in [3.63, 3.8) is 0 Å². The van der Waals surface area contributed by atoms with E-state index in [9.17, 15) is 0 Å². The van der Waals surface area contributed by atoms with Gasteiger partial charge in [0.2, 0.25) is 0 Å². The summed E-state index contributed by atoms with van der Waals surface area (Å²) < 4.78 is 21.7. The van der Waals surface area contributed by atoms with Crippen LogP contribution in [0.25, 0.3) is 11.4 Å². The molecule has 7 nitrogen and oxygen atoms in total. The molecule has 0 spiro atoms. The van der Waals surface area contributed by atoms with Gasteiger partial charge in [-0.05, 0) is 49.4 Å². The fraction of sp³-hybridized carbons (Fsp3) is 0.263. The van der Waals surface area contributed by atoms with Gasteiger partial charge in [-0.15, -0.1) is 0 Å². The minimum atomic E-state index is 0.286. The average Bonchev–Trinajstić information content (AvgIpc) is 3.16. The Balaban J connectivity index is 1.69. The summed E-state index contributed by atoms with van der Waals surface area (Å²) in [5.74, 6) is 4.05. The highest BCUT2D eigenvalue weighted by Crippen LogP contribution is 2.31. The lowest BCUT2D eigenvalue weighted by molar-refractivity contribution is 0.296. The summed E-state index contributed by atoms with van der Waals surface area (Å²) in [6.45, 7) is 2.76. The highest BCUT2D eigenvalue weighted by molar-refractivity contribution is 5.60. The Morgan fingerprint density at radius 3 is 2.35 bits per heavy atom. The summed E-state index contributed by atoms with van der Waals surface area (Å²) in [6.07, 6.45) is 0. The van der Waals surface area contributed by atoms with Crippen LogP contribution >= 0.6 is 0 Å². The van der Waals surface area contributed by atoms with Crippen LogP contribution in [0, 0.1) is 0 Å². The van der Waals surface area contributed by atoms with Crippen molar-refractivity contribution in [1.29, 1.82) is 0 Å². The van der Waals surface area contributed by atoms with Crippen LogP contribution in [-0.2, 0) is 6.61 Å². The minimum absolute atomic E-state index is 0.286. The molecule has 1 N–H and O–H groups in total. The molecular weight excluding hydrogens is 334 g/mol. The fourth-order valence-electron chi connectivity index (χ4n) is 2.40. The molecule has 7 heteroatoms. The number of aromatic nitrogens is 3. The first-order valence-corrected chi connectivity index (χ1v) is 8.22. The van der Waals surface area contributed by atoms with Crippen molar-refractivity contribution in [3.05, 3.63) is 48.3 Å². The number of ether oxygens (including phenoxy) is 4. The molecule has 0 aliphatic rings. The van der Waals surface area contributed by atoms with E-state index in [2.05, 4.69) is 15.2 Å². The van der Waals surface area contributed by atoms with E-state index in [1.54, 1.807) is 14.2 Å². The molecule has 0 saturated heterocycles. The number of hydrogen-bond acceptors (Lipinski definition) is 6. The average molecular weight is 355 g/mol. The molecule has 0 unspecified atom stereocenters. The smallest absolute Gasteiger partial charge is 0.181 e. The molecule has 1 aromatic heterocycles. The molecule has 0 bridgehead atoms. The van der Waals surface area contributed by atoms with Crippen molar-refractivity contribution in [2.45, 2.75) is 13.5 Å². The lowest BCUT2D eigenvalue weighted by atomic mass is 10.2. The second-order valence-electron chi connectivity index (χ2n) is 5.37. The van der Waals surface area contributed by atoms with Gasteiger partial charge in [0.05, 0.1) is 20.8 Å². The number of nitrogens with zero attached hydrogens (tertiary/aromatic N) is 2. The third-order valence-electron chi connectivity index (χ3n) is 3.69. The third-order valence-corrected chi connectivity index (χ3v) is 3.69. The molecule has 26 heavy (non-hydrogen) atoms. The molecule has 0 aliphatic heterocycles. The Kier molecular flexibility index (Phi) is 5.58. The van der Waals surface area contributed by atoms with Gasteiger partial charge in [-0.1, -0.05) is 0 Å². The second kappa shape index (κ2) is 8.24. The standard InChI is InChI=1S/C19H21N3O4/c1-4-25-17-11-13(5-10-16(17)24-3)19-20-18(21-22-19)12-26-15-8-6-14(23-2)7-9-15/h5-11H,4,12H2,1-3H3,(H,20,21,22). The highest BCUT2D eigenvalue weighted by Gasteiger charge is 2.11. The zero-order chi connectivity index (χ0) is 18.4. The fourth-order valence-corrected chi connectivity index (χ4v) is 2.40. The van der Waals surface area contributed by atoms with Crippen LogP contribution in [0.4, 0.5) is 0 Å². The lowest BCUT2D eigenvalue weighted by Gasteiger charge is -2.09. The zero-order valence-corrected chi connectivity index (χ0v) is 15.0.